The molecule has 3 fully saturated rings. The SMILES string of the molecule is [B]C1CCC(c2ccc(C3CCC(C4CCC([B])CC4)CC3)c(F)c2F)CC1. The van der Waals surface area contributed by atoms with Crippen molar-refractivity contribution in [3.8, 4) is 0 Å². The molecule has 4 rings (SSSR count). The summed E-state index contributed by atoms with van der Waals surface area (Å²) in [5.74, 6) is 1.27. The summed E-state index contributed by atoms with van der Waals surface area (Å²) in [7, 11) is 12.0. The fourth-order valence-electron chi connectivity index (χ4n) is 6.16. The minimum atomic E-state index is -0.596. The summed E-state index contributed by atoms with van der Waals surface area (Å²) < 4.78 is 29.8. The van der Waals surface area contributed by atoms with Crippen molar-refractivity contribution in [3.63, 3.8) is 0 Å². The topological polar surface area (TPSA) is 0 Å². The van der Waals surface area contributed by atoms with Crippen molar-refractivity contribution in [3.05, 3.63) is 34.9 Å². The van der Waals surface area contributed by atoms with Gasteiger partial charge in [0.15, 0.2) is 11.6 Å². The third kappa shape index (κ3) is 4.36. The summed E-state index contributed by atoms with van der Waals surface area (Å²) in [6.45, 7) is 0. The van der Waals surface area contributed by atoms with Crippen LogP contribution in [-0.4, -0.2) is 15.7 Å². The second-order valence-electron chi connectivity index (χ2n) is 9.77. The zero-order chi connectivity index (χ0) is 19.7. The molecule has 148 valence electrons. The van der Waals surface area contributed by atoms with Gasteiger partial charge in [-0.3, -0.25) is 0 Å². The first-order valence-electron chi connectivity index (χ1n) is 11.5. The lowest BCUT2D eigenvalue weighted by molar-refractivity contribution is 0.185. The monoisotopic (exact) mass is 380 g/mol. The Morgan fingerprint density at radius 3 is 1.29 bits per heavy atom. The average molecular weight is 380 g/mol. The first-order valence-corrected chi connectivity index (χ1v) is 11.5. The Morgan fingerprint density at radius 2 is 0.857 bits per heavy atom. The third-order valence-corrected chi connectivity index (χ3v) is 8.05. The molecule has 28 heavy (non-hydrogen) atoms. The smallest absolute Gasteiger partial charge is 0.162 e. The maximum atomic E-state index is 15.0. The van der Waals surface area contributed by atoms with Gasteiger partial charge in [-0.2, -0.15) is 0 Å². The molecule has 3 aliphatic carbocycles. The maximum absolute atomic E-state index is 15.0. The molecule has 0 bridgehead atoms. The molecule has 0 nitrogen and oxygen atoms in total. The Morgan fingerprint density at radius 1 is 0.536 bits per heavy atom. The van der Waals surface area contributed by atoms with Crippen LogP contribution >= 0.6 is 0 Å². The quantitative estimate of drug-likeness (QED) is 0.496. The van der Waals surface area contributed by atoms with Crippen LogP contribution in [0.4, 0.5) is 8.78 Å². The van der Waals surface area contributed by atoms with Crippen LogP contribution in [0.5, 0.6) is 0 Å². The van der Waals surface area contributed by atoms with Gasteiger partial charge < -0.3 is 0 Å². The van der Waals surface area contributed by atoms with Gasteiger partial charge in [0.2, 0.25) is 0 Å². The summed E-state index contributed by atoms with van der Waals surface area (Å²) in [4.78, 5) is 0. The standard InChI is InChI=1S/C24H32B2F2/c25-19-9-5-16(6-10-19)15-1-3-17(4-2-15)21-13-14-22(24(28)23(21)27)18-7-11-20(26)12-8-18/h13-20H,1-12H2. The molecule has 1 aromatic rings. The summed E-state index contributed by atoms with van der Waals surface area (Å²) in [6.07, 6.45) is 12.6. The Hall–Kier alpha value is -0.790. The van der Waals surface area contributed by atoms with Crippen molar-refractivity contribution in [1.29, 1.82) is 0 Å². The Kier molecular flexibility index (Phi) is 6.53. The van der Waals surface area contributed by atoms with Crippen LogP contribution in [0.3, 0.4) is 0 Å². The number of hydrogen-bond acceptors (Lipinski definition) is 0. The minimum Gasteiger partial charge on any atom is -0.203 e. The second-order valence-corrected chi connectivity index (χ2v) is 9.77. The number of halogens is 2. The molecular formula is C24H32B2F2. The number of benzene rings is 1. The molecule has 0 spiro atoms. The molecule has 0 aliphatic heterocycles. The highest BCUT2D eigenvalue weighted by atomic mass is 19.2. The molecule has 3 saturated carbocycles. The van der Waals surface area contributed by atoms with E-state index in [2.05, 4.69) is 0 Å². The Labute approximate surface area is 172 Å². The van der Waals surface area contributed by atoms with Gasteiger partial charge in [0.25, 0.3) is 0 Å². The van der Waals surface area contributed by atoms with E-state index in [9.17, 15) is 8.78 Å². The van der Waals surface area contributed by atoms with E-state index >= 15 is 0 Å². The molecule has 3 aliphatic rings. The highest BCUT2D eigenvalue weighted by molar-refractivity contribution is 6.11. The largest absolute Gasteiger partial charge is 0.203 e. The Balaban J connectivity index is 1.39. The molecule has 4 radical (unpaired) electrons. The van der Waals surface area contributed by atoms with Gasteiger partial charge in [0, 0.05) is 0 Å². The normalized spacial score (nSPS) is 36.9. The highest BCUT2D eigenvalue weighted by Crippen LogP contribution is 2.46. The lowest BCUT2D eigenvalue weighted by Crippen LogP contribution is -2.24. The molecular weight excluding hydrogens is 348 g/mol. The van der Waals surface area contributed by atoms with E-state index in [1.54, 1.807) is 0 Å². The third-order valence-electron chi connectivity index (χ3n) is 8.05. The van der Waals surface area contributed by atoms with Crippen LogP contribution < -0.4 is 0 Å². The van der Waals surface area contributed by atoms with Gasteiger partial charge in [-0.1, -0.05) is 62.3 Å². The van der Waals surface area contributed by atoms with Gasteiger partial charge in [-0.15, -0.1) is 0 Å². The lowest BCUT2D eigenvalue weighted by atomic mass is 9.65. The van der Waals surface area contributed by atoms with E-state index in [-0.39, 0.29) is 17.7 Å². The second kappa shape index (κ2) is 8.92. The van der Waals surface area contributed by atoms with Crippen molar-refractivity contribution in [2.75, 3.05) is 0 Å². The lowest BCUT2D eigenvalue weighted by Gasteiger charge is -2.37. The zero-order valence-corrected chi connectivity index (χ0v) is 17.0. The first kappa shape index (κ1) is 20.5. The maximum Gasteiger partial charge on any atom is 0.162 e. The van der Waals surface area contributed by atoms with Crippen molar-refractivity contribution >= 4 is 15.7 Å². The first-order chi connectivity index (χ1) is 13.5. The van der Waals surface area contributed by atoms with E-state index in [1.807, 2.05) is 12.1 Å². The van der Waals surface area contributed by atoms with Gasteiger partial charge in [0.1, 0.15) is 0 Å². The minimum absolute atomic E-state index is 0.122. The summed E-state index contributed by atoms with van der Waals surface area (Å²) in [5, 5.41) is 0. The van der Waals surface area contributed by atoms with Crippen LogP contribution in [0.1, 0.15) is 100 Å². The van der Waals surface area contributed by atoms with Crippen molar-refractivity contribution in [2.24, 2.45) is 11.8 Å². The fraction of sp³-hybridized carbons (Fsp3) is 0.750. The highest BCUT2D eigenvalue weighted by Gasteiger charge is 2.32. The van der Waals surface area contributed by atoms with Crippen LogP contribution in [0, 0.1) is 23.5 Å². The zero-order valence-electron chi connectivity index (χ0n) is 17.0. The summed E-state index contributed by atoms with van der Waals surface area (Å²) in [5.41, 5.74) is 1.18. The van der Waals surface area contributed by atoms with E-state index < -0.39 is 11.6 Å². The molecule has 0 amide bonds. The van der Waals surface area contributed by atoms with E-state index in [4.69, 9.17) is 15.7 Å². The fourth-order valence-corrected chi connectivity index (χ4v) is 6.16. The predicted octanol–water partition coefficient (Wildman–Crippen LogP) is 7.00. The van der Waals surface area contributed by atoms with E-state index in [1.165, 1.54) is 12.8 Å². The van der Waals surface area contributed by atoms with Gasteiger partial charge in [-0.25, -0.2) is 8.78 Å². The number of rotatable bonds is 3. The van der Waals surface area contributed by atoms with Gasteiger partial charge >= 0.3 is 0 Å². The molecule has 0 unspecified atom stereocenters. The van der Waals surface area contributed by atoms with E-state index in [0.717, 1.165) is 76.0 Å². The molecule has 0 saturated heterocycles. The van der Waals surface area contributed by atoms with Crippen LogP contribution in [0.15, 0.2) is 12.1 Å². The van der Waals surface area contributed by atoms with Crippen molar-refractivity contribution < 1.29 is 8.78 Å². The molecule has 0 heterocycles. The summed E-state index contributed by atoms with van der Waals surface area (Å²) in [6, 6.07) is 3.75. The van der Waals surface area contributed by atoms with Crippen LogP contribution in [-0.2, 0) is 0 Å². The van der Waals surface area contributed by atoms with Gasteiger partial charge in [-0.05, 0) is 73.3 Å². The molecule has 0 N–H and O–H groups in total. The molecule has 1 aromatic carbocycles. The van der Waals surface area contributed by atoms with Crippen molar-refractivity contribution in [2.45, 2.75) is 101 Å². The van der Waals surface area contributed by atoms with Crippen LogP contribution in [0.25, 0.3) is 0 Å². The average Bonchev–Trinajstić information content (AvgIpc) is 2.72. The molecule has 0 aromatic heterocycles. The number of hydrogen-bond donors (Lipinski definition) is 0. The van der Waals surface area contributed by atoms with Gasteiger partial charge in [0.05, 0.1) is 15.7 Å². The molecule has 0 atom stereocenters. The predicted molar refractivity (Wildman–Crippen MR) is 113 cm³/mol. The van der Waals surface area contributed by atoms with Crippen LogP contribution in [0.2, 0.25) is 11.6 Å². The molecule has 4 heteroatoms. The summed E-state index contributed by atoms with van der Waals surface area (Å²) >= 11 is 0. The Bertz CT molecular complexity index is 653. The van der Waals surface area contributed by atoms with E-state index in [0.29, 0.717) is 16.9 Å². The van der Waals surface area contributed by atoms with Crippen molar-refractivity contribution in [1.82, 2.24) is 0 Å².